The van der Waals surface area contributed by atoms with Gasteiger partial charge in [0.1, 0.15) is 17.3 Å². The molecule has 0 atom stereocenters. The molecule has 0 aliphatic carbocycles. The Hall–Kier alpha value is -2.85. The Bertz CT molecular complexity index is 998. The summed E-state index contributed by atoms with van der Waals surface area (Å²) in [5, 5.41) is 3.14. The minimum Gasteiger partial charge on any atom is -0.497 e. The smallest absolute Gasteiger partial charge is 0.417 e. The number of ether oxygens (including phenoxy) is 1. The second kappa shape index (κ2) is 11.0. The molecule has 0 saturated carbocycles. The summed E-state index contributed by atoms with van der Waals surface area (Å²) in [5.74, 6) is 1.45. The number of amides is 1. The number of carbonyl (C=O) groups is 1. The Kier molecular flexibility index (Phi) is 8.04. The van der Waals surface area contributed by atoms with Crippen molar-refractivity contribution in [3.05, 3.63) is 48.2 Å². The van der Waals surface area contributed by atoms with Crippen LogP contribution in [0.1, 0.15) is 24.8 Å². The summed E-state index contributed by atoms with van der Waals surface area (Å²) in [5.41, 5.74) is 0.525. The largest absolute Gasteiger partial charge is 0.497 e. The van der Waals surface area contributed by atoms with Gasteiger partial charge < -0.3 is 15.0 Å². The van der Waals surface area contributed by atoms with Gasteiger partial charge in [0.15, 0.2) is 0 Å². The van der Waals surface area contributed by atoms with Crippen LogP contribution in [0.5, 0.6) is 5.75 Å². The second-order valence-electron chi connectivity index (χ2n) is 9.86. The molecule has 10 heteroatoms. The molecule has 196 valence electrons. The zero-order chi connectivity index (χ0) is 25.8. The van der Waals surface area contributed by atoms with E-state index in [2.05, 4.69) is 34.4 Å². The first-order valence-corrected chi connectivity index (χ1v) is 12.5. The summed E-state index contributed by atoms with van der Waals surface area (Å²) in [4.78, 5) is 20.9. The lowest BCUT2D eigenvalue weighted by Gasteiger charge is -2.41. The van der Waals surface area contributed by atoms with E-state index in [1.54, 1.807) is 7.11 Å². The maximum Gasteiger partial charge on any atom is 0.417 e. The molecule has 36 heavy (non-hydrogen) atoms. The van der Waals surface area contributed by atoms with Gasteiger partial charge in [-0.1, -0.05) is 0 Å². The number of benzene rings is 1. The Morgan fingerprint density at radius 2 is 1.75 bits per heavy atom. The second-order valence-corrected chi connectivity index (χ2v) is 9.86. The molecular weight excluding hydrogens is 471 g/mol. The maximum atomic E-state index is 12.7. The highest BCUT2D eigenvalue weighted by Crippen LogP contribution is 2.30. The molecular formula is C26H35F3N5O2+. The fourth-order valence-electron chi connectivity index (χ4n) is 4.93. The number of nitrogens with one attached hydrogen (secondary N) is 1. The predicted octanol–water partition coefficient (Wildman–Crippen LogP) is 3.54. The number of nitrogens with zero attached hydrogens (tertiary/aromatic N) is 4. The van der Waals surface area contributed by atoms with Crippen molar-refractivity contribution >= 4 is 17.4 Å². The lowest BCUT2D eigenvalue weighted by atomic mass is 10.0. The van der Waals surface area contributed by atoms with Gasteiger partial charge in [-0.25, -0.2) is 4.98 Å². The summed E-state index contributed by atoms with van der Waals surface area (Å²) in [6, 6.07) is 10.8. The van der Waals surface area contributed by atoms with Gasteiger partial charge in [-0.15, -0.1) is 0 Å². The number of piperidine rings is 1. The molecule has 2 aliphatic rings. The van der Waals surface area contributed by atoms with Crippen molar-refractivity contribution in [1.82, 2.24) is 19.7 Å². The van der Waals surface area contributed by atoms with Crippen LogP contribution in [-0.4, -0.2) is 81.8 Å². The summed E-state index contributed by atoms with van der Waals surface area (Å²) in [6.07, 6.45) is -1.55. The van der Waals surface area contributed by atoms with E-state index in [-0.39, 0.29) is 11.9 Å². The predicted molar refractivity (Wildman–Crippen MR) is 134 cm³/mol. The monoisotopic (exact) mass is 506 g/mol. The molecule has 2 fully saturated rings. The molecule has 7 nitrogen and oxygen atoms in total. The SMILES string of the molecule is COc1ccc([N+]2(C)CCN(CCC(=O)NC3CCN(c4ccc(C(F)(F)F)cn4)CC3)CC2)cc1. The highest BCUT2D eigenvalue weighted by atomic mass is 19.4. The first kappa shape index (κ1) is 26.2. The van der Waals surface area contributed by atoms with Crippen LogP contribution in [-0.2, 0) is 11.0 Å². The number of pyridine rings is 1. The number of likely N-dealkylation sites (N-methyl/N-ethyl adjacent to an activating group) is 1. The molecule has 1 N–H and O–H groups in total. The fourth-order valence-corrected chi connectivity index (χ4v) is 4.93. The first-order valence-electron chi connectivity index (χ1n) is 12.5. The van der Waals surface area contributed by atoms with Crippen LogP contribution in [0.2, 0.25) is 0 Å². The molecule has 3 heterocycles. The Morgan fingerprint density at radius 1 is 1.08 bits per heavy atom. The van der Waals surface area contributed by atoms with Gasteiger partial charge in [0.2, 0.25) is 5.91 Å². The third-order valence-corrected chi connectivity index (χ3v) is 7.43. The molecule has 0 spiro atoms. The maximum absolute atomic E-state index is 12.7. The van der Waals surface area contributed by atoms with Crippen molar-refractivity contribution in [1.29, 1.82) is 0 Å². The standard InChI is InChI=1S/C26H34F3N5O2/c1-34(22-4-6-23(36-2)7-5-22)17-15-32(16-18-34)12-11-25(35)31-21-9-13-33(14-10-21)24-8-3-20(19-30-24)26(27,28)29/h3-8,19,21H,9-18H2,1-2H3/p+1. The minimum absolute atomic E-state index is 0.0547. The van der Waals surface area contributed by atoms with Crippen molar-refractivity contribution < 1.29 is 22.7 Å². The zero-order valence-corrected chi connectivity index (χ0v) is 20.9. The highest BCUT2D eigenvalue weighted by Gasteiger charge is 2.32. The van der Waals surface area contributed by atoms with Gasteiger partial charge in [0.25, 0.3) is 0 Å². The van der Waals surface area contributed by atoms with Crippen LogP contribution in [0.4, 0.5) is 24.7 Å². The number of methoxy groups -OCH3 is 1. The quantitative estimate of drug-likeness (QED) is 0.583. The van der Waals surface area contributed by atoms with Crippen molar-refractivity contribution in [2.24, 2.45) is 0 Å². The third kappa shape index (κ3) is 6.47. The van der Waals surface area contributed by atoms with E-state index in [4.69, 9.17) is 4.74 Å². The van der Waals surface area contributed by atoms with E-state index in [0.717, 1.165) is 68.1 Å². The summed E-state index contributed by atoms with van der Waals surface area (Å²) < 4.78 is 44.4. The van der Waals surface area contributed by atoms with E-state index in [9.17, 15) is 18.0 Å². The lowest BCUT2D eigenvalue weighted by molar-refractivity contribution is -0.137. The highest BCUT2D eigenvalue weighted by molar-refractivity contribution is 5.76. The van der Waals surface area contributed by atoms with Gasteiger partial charge in [-0.3, -0.25) is 14.2 Å². The summed E-state index contributed by atoms with van der Waals surface area (Å²) in [7, 11) is 3.92. The van der Waals surface area contributed by atoms with Crippen molar-refractivity contribution in [3.8, 4) is 5.75 Å². The molecule has 1 aromatic carbocycles. The Labute approximate surface area is 210 Å². The van der Waals surface area contributed by atoms with Crippen LogP contribution in [0.25, 0.3) is 0 Å². The Morgan fingerprint density at radius 3 is 2.31 bits per heavy atom. The van der Waals surface area contributed by atoms with Gasteiger partial charge in [0, 0.05) is 63.5 Å². The number of quaternary nitrogens is 1. The average molecular weight is 507 g/mol. The van der Waals surface area contributed by atoms with Gasteiger partial charge in [-0.05, 0) is 37.1 Å². The average Bonchev–Trinajstić information content (AvgIpc) is 2.88. The van der Waals surface area contributed by atoms with Gasteiger partial charge >= 0.3 is 6.18 Å². The van der Waals surface area contributed by atoms with Crippen LogP contribution in [0, 0.1) is 0 Å². The lowest BCUT2D eigenvalue weighted by Crippen LogP contribution is -2.58. The molecule has 0 radical (unpaired) electrons. The number of piperazine rings is 1. The van der Waals surface area contributed by atoms with E-state index >= 15 is 0 Å². The number of aromatic nitrogens is 1. The number of rotatable bonds is 7. The Balaban J connectivity index is 1.16. The van der Waals surface area contributed by atoms with Gasteiger partial charge in [-0.2, -0.15) is 13.2 Å². The van der Waals surface area contributed by atoms with Crippen molar-refractivity contribution in [2.75, 3.05) is 64.9 Å². The first-order chi connectivity index (χ1) is 17.2. The summed E-state index contributed by atoms with van der Waals surface area (Å²) in [6.45, 7) is 5.90. The number of hydrogen-bond donors (Lipinski definition) is 1. The van der Waals surface area contributed by atoms with E-state index in [1.165, 1.54) is 11.8 Å². The van der Waals surface area contributed by atoms with Crippen molar-refractivity contribution in [2.45, 2.75) is 31.5 Å². The topological polar surface area (TPSA) is 57.7 Å². The number of anilines is 1. The molecule has 0 unspecified atom stereocenters. The van der Waals surface area contributed by atoms with E-state index < -0.39 is 11.7 Å². The fraction of sp³-hybridized carbons (Fsp3) is 0.538. The van der Waals surface area contributed by atoms with Crippen LogP contribution in [0.3, 0.4) is 0 Å². The van der Waals surface area contributed by atoms with Gasteiger partial charge in [0.05, 0.1) is 32.8 Å². The molecule has 4 rings (SSSR count). The van der Waals surface area contributed by atoms with E-state index in [0.29, 0.717) is 25.3 Å². The zero-order valence-electron chi connectivity index (χ0n) is 20.9. The molecule has 0 bridgehead atoms. The third-order valence-electron chi connectivity index (χ3n) is 7.43. The number of hydrogen-bond acceptors (Lipinski definition) is 5. The molecule has 2 aliphatic heterocycles. The van der Waals surface area contributed by atoms with E-state index in [1.807, 2.05) is 17.0 Å². The normalized spacial score (nSPS) is 19.2. The summed E-state index contributed by atoms with van der Waals surface area (Å²) >= 11 is 0. The molecule has 2 saturated heterocycles. The minimum atomic E-state index is -4.38. The number of halogens is 3. The molecule has 1 aromatic heterocycles. The molecule has 2 aromatic rings. The molecule has 1 amide bonds. The van der Waals surface area contributed by atoms with Crippen LogP contribution < -0.4 is 19.4 Å². The van der Waals surface area contributed by atoms with Crippen molar-refractivity contribution in [3.63, 3.8) is 0 Å². The number of carbonyl (C=O) groups excluding carboxylic acids is 1. The number of alkyl halides is 3. The van der Waals surface area contributed by atoms with Crippen LogP contribution >= 0.6 is 0 Å². The van der Waals surface area contributed by atoms with Crippen LogP contribution in [0.15, 0.2) is 42.6 Å².